The Morgan fingerprint density at radius 1 is 1.64 bits per heavy atom. The zero-order chi connectivity index (χ0) is 8.48. The van der Waals surface area contributed by atoms with Crippen LogP contribution in [0.4, 0.5) is 0 Å². The average Bonchev–Trinajstić information content (AvgIpc) is 1.85. The van der Waals surface area contributed by atoms with E-state index in [4.69, 9.17) is 11.6 Å². The van der Waals surface area contributed by atoms with Crippen LogP contribution < -0.4 is 0 Å². The first-order valence-corrected chi connectivity index (χ1v) is 4.24. The molecule has 0 saturated heterocycles. The Morgan fingerprint density at radius 2 is 2.27 bits per heavy atom. The number of halogens is 1. The Hall–Kier alpha value is -0.310. The van der Waals surface area contributed by atoms with Gasteiger partial charge < -0.3 is 0 Å². The first-order chi connectivity index (χ1) is 5.04. The van der Waals surface area contributed by atoms with E-state index in [0.29, 0.717) is 6.42 Å². The molecule has 64 valence electrons. The summed E-state index contributed by atoms with van der Waals surface area (Å²) in [5, 5.41) is 10.5. The minimum atomic E-state index is -0.609. The second-order valence-corrected chi connectivity index (χ2v) is 4.19. The first-order valence-electron chi connectivity index (χ1n) is 3.86. The monoisotopic (exact) mass is 177 g/mol. The number of alkyl halides is 1. The van der Waals surface area contributed by atoms with E-state index in [1.807, 2.05) is 0 Å². The van der Waals surface area contributed by atoms with Gasteiger partial charge in [0.25, 0.3) is 0 Å². The Bertz CT molecular complexity index is 170. The van der Waals surface area contributed by atoms with Crippen LogP contribution in [0.5, 0.6) is 0 Å². The van der Waals surface area contributed by atoms with Crippen LogP contribution in [-0.4, -0.2) is 15.8 Å². The maximum absolute atomic E-state index is 10.5. The summed E-state index contributed by atoms with van der Waals surface area (Å²) in [6.07, 6.45) is 3.35. The molecule has 3 nitrogen and oxygen atoms in total. The minimum Gasteiger partial charge on any atom is -0.264 e. The van der Waals surface area contributed by atoms with E-state index >= 15 is 0 Å². The molecule has 1 aliphatic rings. The fourth-order valence-electron chi connectivity index (χ4n) is 1.60. The van der Waals surface area contributed by atoms with Gasteiger partial charge in [-0.05, 0) is 19.8 Å². The Balaban J connectivity index is 2.67. The summed E-state index contributed by atoms with van der Waals surface area (Å²) in [6, 6.07) is -0.544. The van der Waals surface area contributed by atoms with Gasteiger partial charge in [0.15, 0.2) is 0 Å². The molecule has 0 bridgehead atoms. The highest BCUT2D eigenvalue weighted by molar-refractivity contribution is 6.24. The quantitative estimate of drug-likeness (QED) is 0.350. The molecule has 0 heterocycles. The molecule has 1 saturated carbocycles. The van der Waals surface area contributed by atoms with Crippen LogP contribution in [0.25, 0.3) is 0 Å². The second kappa shape index (κ2) is 2.97. The van der Waals surface area contributed by atoms with Crippen LogP contribution in [0.3, 0.4) is 0 Å². The van der Waals surface area contributed by atoms with Gasteiger partial charge in [-0.25, -0.2) is 0 Å². The summed E-state index contributed by atoms with van der Waals surface area (Å²) in [5.74, 6) is 0. The average molecular weight is 178 g/mol. The van der Waals surface area contributed by atoms with Crippen molar-refractivity contribution < 1.29 is 4.92 Å². The van der Waals surface area contributed by atoms with Crippen LogP contribution in [0.1, 0.15) is 32.6 Å². The van der Waals surface area contributed by atoms with E-state index in [2.05, 4.69) is 0 Å². The third-order valence-corrected chi connectivity index (χ3v) is 2.78. The third-order valence-electron chi connectivity index (χ3n) is 2.34. The van der Waals surface area contributed by atoms with Crippen molar-refractivity contribution in [3.05, 3.63) is 10.1 Å². The fraction of sp³-hybridized carbons (Fsp3) is 1.00. The highest BCUT2D eigenvalue weighted by Crippen LogP contribution is 2.35. The van der Waals surface area contributed by atoms with Crippen molar-refractivity contribution in [3.63, 3.8) is 0 Å². The summed E-state index contributed by atoms with van der Waals surface area (Å²) in [6.45, 7) is 1.77. The molecule has 11 heavy (non-hydrogen) atoms. The maximum Gasteiger partial charge on any atom is 0.231 e. The topological polar surface area (TPSA) is 43.1 Å². The van der Waals surface area contributed by atoms with Crippen molar-refractivity contribution in [2.75, 3.05) is 0 Å². The molecule has 0 aromatic heterocycles. The molecule has 0 aromatic rings. The molecule has 4 heteroatoms. The molecule has 2 atom stereocenters. The van der Waals surface area contributed by atoms with Crippen molar-refractivity contribution in [1.29, 1.82) is 0 Å². The Morgan fingerprint density at radius 3 is 2.64 bits per heavy atom. The fourth-order valence-corrected chi connectivity index (χ4v) is 1.92. The maximum atomic E-state index is 10.5. The second-order valence-electron chi connectivity index (χ2n) is 3.33. The van der Waals surface area contributed by atoms with Gasteiger partial charge in [-0.1, -0.05) is 6.42 Å². The smallest absolute Gasteiger partial charge is 0.231 e. The summed E-state index contributed by atoms with van der Waals surface area (Å²) in [5.41, 5.74) is 0. The van der Waals surface area contributed by atoms with E-state index in [0.717, 1.165) is 19.3 Å². The molecule has 0 aliphatic heterocycles. The van der Waals surface area contributed by atoms with Gasteiger partial charge in [0, 0.05) is 11.3 Å². The van der Waals surface area contributed by atoms with Crippen molar-refractivity contribution in [2.24, 2.45) is 0 Å². The molecule has 0 spiro atoms. The first kappa shape index (κ1) is 8.78. The van der Waals surface area contributed by atoms with Crippen LogP contribution in [0, 0.1) is 10.1 Å². The molecular formula is C7H12ClNO2. The van der Waals surface area contributed by atoms with E-state index in [9.17, 15) is 10.1 Å². The number of hydrogen-bond acceptors (Lipinski definition) is 2. The highest BCUT2D eigenvalue weighted by Gasteiger charge is 2.42. The number of nitro groups is 1. The van der Waals surface area contributed by atoms with Crippen LogP contribution in [0.15, 0.2) is 0 Å². The number of rotatable bonds is 1. The van der Waals surface area contributed by atoms with E-state index in [1.54, 1.807) is 6.92 Å². The third kappa shape index (κ3) is 1.83. The Kier molecular flexibility index (Phi) is 2.37. The largest absolute Gasteiger partial charge is 0.264 e. The van der Waals surface area contributed by atoms with Crippen LogP contribution in [-0.2, 0) is 0 Å². The molecule has 0 amide bonds. The molecular weight excluding hydrogens is 166 g/mol. The standard InChI is InChI=1S/C7H12ClNO2/c1-7(8)5-3-2-4-6(7)9(10)11/h6H,2-5H2,1H3. The minimum absolute atomic E-state index is 0.244. The van der Waals surface area contributed by atoms with Gasteiger partial charge in [0.2, 0.25) is 6.04 Å². The lowest BCUT2D eigenvalue weighted by Gasteiger charge is -2.29. The molecule has 0 aromatic carbocycles. The Labute approximate surface area is 70.9 Å². The zero-order valence-corrected chi connectivity index (χ0v) is 7.30. The summed E-state index contributed by atoms with van der Waals surface area (Å²) < 4.78 is 0. The lowest BCUT2D eigenvalue weighted by atomic mass is 9.85. The van der Waals surface area contributed by atoms with Gasteiger partial charge in [0.05, 0.1) is 0 Å². The van der Waals surface area contributed by atoms with Gasteiger partial charge in [-0.2, -0.15) is 0 Å². The lowest BCUT2D eigenvalue weighted by molar-refractivity contribution is -0.531. The predicted octanol–water partition coefficient (Wildman–Crippen LogP) is 2.20. The zero-order valence-electron chi connectivity index (χ0n) is 6.55. The SMILES string of the molecule is CC1(Cl)CCCCC1[N+](=O)[O-]. The van der Waals surface area contributed by atoms with Crippen molar-refractivity contribution in [3.8, 4) is 0 Å². The van der Waals surface area contributed by atoms with Gasteiger partial charge >= 0.3 is 0 Å². The van der Waals surface area contributed by atoms with E-state index < -0.39 is 10.9 Å². The van der Waals surface area contributed by atoms with Crippen LogP contribution in [0.2, 0.25) is 0 Å². The normalized spacial score (nSPS) is 38.5. The number of hydrogen-bond donors (Lipinski definition) is 0. The van der Waals surface area contributed by atoms with Crippen LogP contribution >= 0.6 is 11.6 Å². The van der Waals surface area contributed by atoms with Gasteiger partial charge in [-0.3, -0.25) is 10.1 Å². The van der Waals surface area contributed by atoms with Gasteiger partial charge in [0.1, 0.15) is 4.87 Å². The van der Waals surface area contributed by atoms with Gasteiger partial charge in [-0.15, -0.1) is 11.6 Å². The van der Waals surface area contributed by atoms with Crippen molar-refractivity contribution >= 4 is 11.6 Å². The summed E-state index contributed by atoms with van der Waals surface area (Å²) in [4.78, 5) is 9.64. The summed E-state index contributed by atoms with van der Waals surface area (Å²) >= 11 is 5.99. The van der Waals surface area contributed by atoms with E-state index in [-0.39, 0.29) is 4.92 Å². The predicted molar refractivity (Wildman–Crippen MR) is 43.5 cm³/mol. The highest BCUT2D eigenvalue weighted by atomic mass is 35.5. The molecule has 1 aliphatic carbocycles. The van der Waals surface area contributed by atoms with Crippen molar-refractivity contribution in [2.45, 2.75) is 43.5 Å². The molecule has 1 fully saturated rings. The molecule has 2 unspecified atom stereocenters. The number of nitrogens with zero attached hydrogens (tertiary/aromatic N) is 1. The molecule has 1 rings (SSSR count). The van der Waals surface area contributed by atoms with E-state index in [1.165, 1.54) is 0 Å². The molecule has 0 radical (unpaired) electrons. The van der Waals surface area contributed by atoms with Crippen molar-refractivity contribution in [1.82, 2.24) is 0 Å². The molecule has 0 N–H and O–H groups in total. The lowest BCUT2D eigenvalue weighted by Crippen LogP contribution is -2.42. The summed E-state index contributed by atoms with van der Waals surface area (Å²) in [7, 11) is 0.